The predicted octanol–water partition coefficient (Wildman–Crippen LogP) is 3.55. The minimum absolute atomic E-state index is 0.632. The molecule has 0 saturated heterocycles. The highest BCUT2D eigenvalue weighted by molar-refractivity contribution is 7.15. The number of rotatable bonds is 2. The maximum atomic E-state index is 5.74. The summed E-state index contributed by atoms with van der Waals surface area (Å²) in [5.41, 5.74) is 1.05. The fourth-order valence-electron chi connectivity index (χ4n) is 1.09. The van der Waals surface area contributed by atoms with Gasteiger partial charge in [0.05, 0.1) is 10.7 Å². The van der Waals surface area contributed by atoms with Gasteiger partial charge in [-0.1, -0.05) is 11.6 Å². The highest BCUT2D eigenvalue weighted by Gasteiger charge is 2.03. The van der Waals surface area contributed by atoms with Crippen molar-refractivity contribution in [2.24, 2.45) is 0 Å². The Morgan fingerprint density at radius 1 is 1.33 bits per heavy atom. The van der Waals surface area contributed by atoms with Crippen LogP contribution < -0.4 is 5.32 Å². The third-order valence-electron chi connectivity index (χ3n) is 1.99. The van der Waals surface area contributed by atoms with Gasteiger partial charge in [0, 0.05) is 11.1 Å². The molecule has 0 amide bonds. The van der Waals surface area contributed by atoms with Gasteiger partial charge in [0.1, 0.15) is 5.82 Å². The van der Waals surface area contributed by atoms with E-state index in [0.29, 0.717) is 5.02 Å². The molecule has 0 saturated carbocycles. The Kier molecular flexibility index (Phi) is 2.88. The van der Waals surface area contributed by atoms with E-state index in [1.165, 1.54) is 4.88 Å². The third-order valence-corrected chi connectivity index (χ3v) is 3.20. The molecule has 0 aliphatic carbocycles. The van der Waals surface area contributed by atoms with Crippen LogP contribution in [0.1, 0.15) is 10.6 Å². The van der Waals surface area contributed by atoms with Gasteiger partial charge in [-0.15, -0.1) is 11.3 Å². The van der Waals surface area contributed by atoms with Crippen molar-refractivity contribution in [2.45, 2.75) is 13.8 Å². The summed E-state index contributed by atoms with van der Waals surface area (Å²) in [5, 5.41) is 4.62. The van der Waals surface area contributed by atoms with Crippen LogP contribution in [0.25, 0.3) is 0 Å². The normalized spacial score (nSPS) is 10.3. The van der Waals surface area contributed by atoms with Crippen LogP contribution in [-0.4, -0.2) is 9.97 Å². The number of nitrogens with one attached hydrogen (secondary N) is 1. The van der Waals surface area contributed by atoms with Gasteiger partial charge in [-0.05, 0) is 26.0 Å². The van der Waals surface area contributed by atoms with E-state index in [1.54, 1.807) is 23.6 Å². The van der Waals surface area contributed by atoms with E-state index in [0.717, 1.165) is 16.6 Å². The van der Waals surface area contributed by atoms with Crippen molar-refractivity contribution in [3.8, 4) is 0 Å². The SMILES string of the molecule is Cc1nc(Nc2ccc(Cl)cn2)sc1C. The van der Waals surface area contributed by atoms with Gasteiger partial charge in [-0.25, -0.2) is 9.97 Å². The minimum atomic E-state index is 0.632. The molecule has 0 fully saturated rings. The molecule has 2 aromatic rings. The summed E-state index contributed by atoms with van der Waals surface area (Å²) < 4.78 is 0. The molecule has 0 unspecified atom stereocenters. The van der Waals surface area contributed by atoms with Crippen molar-refractivity contribution < 1.29 is 0 Å². The molecule has 3 nitrogen and oxygen atoms in total. The third kappa shape index (κ3) is 2.46. The van der Waals surface area contributed by atoms with Crippen molar-refractivity contribution in [1.82, 2.24) is 9.97 Å². The first-order chi connectivity index (χ1) is 7.15. The van der Waals surface area contributed by atoms with E-state index >= 15 is 0 Å². The highest BCUT2D eigenvalue weighted by Crippen LogP contribution is 2.24. The summed E-state index contributed by atoms with van der Waals surface area (Å²) in [4.78, 5) is 9.71. The van der Waals surface area contributed by atoms with Crippen LogP contribution in [0.2, 0.25) is 5.02 Å². The molecule has 5 heteroatoms. The van der Waals surface area contributed by atoms with Gasteiger partial charge >= 0.3 is 0 Å². The molecular weight excluding hydrogens is 230 g/mol. The fourth-order valence-corrected chi connectivity index (χ4v) is 2.02. The maximum absolute atomic E-state index is 5.74. The van der Waals surface area contributed by atoms with E-state index in [1.807, 2.05) is 19.9 Å². The van der Waals surface area contributed by atoms with E-state index in [4.69, 9.17) is 11.6 Å². The van der Waals surface area contributed by atoms with Crippen LogP contribution in [0, 0.1) is 13.8 Å². The first-order valence-electron chi connectivity index (χ1n) is 4.48. The molecule has 0 atom stereocenters. The Morgan fingerprint density at radius 2 is 2.13 bits per heavy atom. The number of nitrogens with zero attached hydrogens (tertiary/aromatic N) is 2. The molecule has 0 aliphatic rings. The molecular formula is C10H10ClN3S. The minimum Gasteiger partial charge on any atom is -0.316 e. The average Bonchev–Trinajstić information content (AvgIpc) is 2.50. The summed E-state index contributed by atoms with van der Waals surface area (Å²) in [6, 6.07) is 3.62. The van der Waals surface area contributed by atoms with Gasteiger partial charge in [0.25, 0.3) is 0 Å². The molecule has 0 bridgehead atoms. The number of aromatic nitrogens is 2. The lowest BCUT2D eigenvalue weighted by atomic mass is 10.4. The highest BCUT2D eigenvalue weighted by atomic mass is 35.5. The number of anilines is 2. The molecule has 78 valence electrons. The van der Waals surface area contributed by atoms with Crippen LogP contribution in [0.4, 0.5) is 10.9 Å². The lowest BCUT2D eigenvalue weighted by Crippen LogP contribution is -1.91. The number of aryl methyl sites for hydroxylation is 2. The second kappa shape index (κ2) is 4.16. The Hall–Kier alpha value is -1.13. The smallest absolute Gasteiger partial charge is 0.188 e. The maximum Gasteiger partial charge on any atom is 0.188 e. The van der Waals surface area contributed by atoms with Gasteiger partial charge in [-0.3, -0.25) is 0 Å². The zero-order chi connectivity index (χ0) is 10.8. The van der Waals surface area contributed by atoms with Gasteiger partial charge in [0.15, 0.2) is 5.13 Å². The van der Waals surface area contributed by atoms with E-state index in [2.05, 4.69) is 15.3 Å². The Morgan fingerprint density at radius 3 is 2.67 bits per heavy atom. The summed E-state index contributed by atoms with van der Waals surface area (Å²) in [5.74, 6) is 0.758. The first kappa shape index (κ1) is 10.4. The fraction of sp³-hybridized carbons (Fsp3) is 0.200. The number of hydrogen-bond donors (Lipinski definition) is 1. The topological polar surface area (TPSA) is 37.8 Å². The van der Waals surface area contributed by atoms with Crippen molar-refractivity contribution in [2.75, 3.05) is 5.32 Å². The predicted molar refractivity (Wildman–Crippen MR) is 64.1 cm³/mol. The van der Waals surface area contributed by atoms with Crippen molar-refractivity contribution in [3.63, 3.8) is 0 Å². The molecule has 0 aliphatic heterocycles. The molecule has 2 heterocycles. The van der Waals surface area contributed by atoms with E-state index in [9.17, 15) is 0 Å². The van der Waals surface area contributed by atoms with Crippen LogP contribution in [0.5, 0.6) is 0 Å². The lowest BCUT2D eigenvalue weighted by molar-refractivity contribution is 1.21. The monoisotopic (exact) mass is 239 g/mol. The molecule has 0 radical (unpaired) electrons. The number of halogens is 1. The molecule has 0 aromatic carbocycles. The van der Waals surface area contributed by atoms with E-state index in [-0.39, 0.29) is 0 Å². The zero-order valence-corrected chi connectivity index (χ0v) is 9.99. The summed E-state index contributed by atoms with van der Waals surface area (Å²) in [6.07, 6.45) is 1.61. The number of thiazole rings is 1. The first-order valence-corrected chi connectivity index (χ1v) is 5.67. The second-order valence-corrected chi connectivity index (χ2v) is 4.79. The molecule has 15 heavy (non-hydrogen) atoms. The van der Waals surface area contributed by atoms with Crippen LogP contribution in [0.3, 0.4) is 0 Å². The number of pyridine rings is 1. The van der Waals surface area contributed by atoms with Crippen LogP contribution >= 0.6 is 22.9 Å². The average molecular weight is 240 g/mol. The van der Waals surface area contributed by atoms with E-state index < -0.39 is 0 Å². The van der Waals surface area contributed by atoms with Gasteiger partial charge in [0.2, 0.25) is 0 Å². The molecule has 2 rings (SSSR count). The Labute approximate surface area is 97.2 Å². The number of hydrogen-bond acceptors (Lipinski definition) is 4. The van der Waals surface area contributed by atoms with Crippen molar-refractivity contribution in [3.05, 3.63) is 33.9 Å². The van der Waals surface area contributed by atoms with Crippen molar-refractivity contribution in [1.29, 1.82) is 0 Å². The Balaban J connectivity index is 2.18. The van der Waals surface area contributed by atoms with Gasteiger partial charge < -0.3 is 5.32 Å². The molecule has 0 spiro atoms. The van der Waals surface area contributed by atoms with Gasteiger partial charge in [-0.2, -0.15) is 0 Å². The summed E-state index contributed by atoms with van der Waals surface area (Å²) in [6.45, 7) is 4.04. The quantitative estimate of drug-likeness (QED) is 0.871. The van der Waals surface area contributed by atoms with Crippen molar-refractivity contribution >= 4 is 33.9 Å². The second-order valence-electron chi connectivity index (χ2n) is 3.15. The summed E-state index contributed by atoms with van der Waals surface area (Å²) in [7, 11) is 0. The van der Waals surface area contributed by atoms with Crippen LogP contribution in [0.15, 0.2) is 18.3 Å². The Bertz CT molecular complexity index is 445. The molecule has 1 N–H and O–H groups in total. The largest absolute Gasteiger partial charge is 0.316 e. The zero-order valence-electron chi connectivity index (χ0n) is 8.41. The van der Waals surface area contributed by atoms with Crippen LogP contribution in [-0.2, 0) is 0 Å². The summed E-state index contributed by atoms with van der Waals surface area (Å²) >= 11 is 7.36. The molecule has 2 aromatic heterocycles. The standard InChI is InChI=1S/C10H10ClN3S/c1-6-7(2)15-10(13-6)14-9-4-3-8(11)5-12-9/h3-5H,1-2H3,(H,12,13,14). The lowest BCUT2D eigenvalue weighted by Gasteiger charge is -2.00.